The van der Waals surface area contributed by atoms with Crippen LogP contribution in [0.4, 0.5) is 0 Å². The summed E-state index contributed by atoms with van der Waals surface area (Å²) >= 11 is 0. The van der Waals surface area contributed by atoms with Crippen molar-refractivity contribution >= 4 is 0 Å². The smallest absolute Gasteiger partial charge is 0.103 e. The fourth-order valence-electron chi connectivity index (χ4n) is 2.16. The number of nitrogens with zero attached hydrogens (tertiary/aromatic N) is 2. The van der Waals surface area contributed by atoms with E-state index < -0.39 is 0 Å². The molecule has 0 radical (unpaired) electrons. The second-order valence-electron chi connectivity index (χ2n) is 5.29. The molecule has 4 heteroatoms. The quantitative estimate of drug-likeness (QED) is 0.787. The van der Waals surface area contributed by atoms with Crippen LogP contribution >= 0.6 is 0 Å². The summed E-state index contributed by atoms with van der Waals surface area (Å²) in [6.07, 6.45) is 2.26. The molecule has 0 aliphatic carbocycles. The van der Waals surface area contributed by atoms with Crippen molar-refractivity contribution in [3.63, 3.8) is 0 Å². The highest BCUT2D eigenvalue weighted by Crippen LogP contribution is 2.15. The van der Waals surface area contributed by atoms with Gasteiger partial charge in [0, 0.05) is 12.6 Å². The van der Waals surface area contributed by atoms with Crippen LogP contribution < -0.4 is 5.32 Å². The van der Waals surface area contributed by atoms with Gasteiger partial charge in [0.2, 0.25) is 0 Å². The Morgan fingerprint density at radius 1 is 1.53 bits per heavy atom. The third-order valence-electron chi connectivity index (χ3n) is 3.66. The summed E-state index contributed by atoms with van der Waals surface area (Å²) in [5.74, 6) is 0. The van der Waals surface area contributed by atoms with Crippen molar-refractivity contribution in [3.05, 3.63) is 0 Å². The largest absolute Gasteiger partial charge is 0.376 e. The van der Waals surface area contributed by atoms with E-state index in [0.717, 1.165) is 32.5 Å². The van der Waals surface area contributed by atoms with Crippen LogP contribution in [0.1, 0.15) is 33.6 Å². The van der Waals surface area contributed by atoms with Crippen molar-refractivity contribution in [2.75, 3.05) is 26.7 Å². The first-order chi connectivity index (χ1) is 8.00. The van der Waals surface area contributed by atoms with E-state index in [4.69, 9.17) is 10.00 Å². The Morgan fingerprint density at radius 2 is 2.24 bits per heavy atom. The van der Waals surface area contributed by atoms with E-state index in [9.17, 15) is 0 Å². The lowest BCUT2D eigenvalue weighted by Crippen LogP contribution is -2.48. The van der Waals surface area contributed by atoms with Crippen molar-refractivity contribution in [1.29, 1.82) is 5.26 Å². The maximum Gasteiger partial charge on any atom is 0.103 e. The predicted octanol–water partition coefficient (Wildman–Crippen LogP) is 1.38. The van der Waals surface area contributed by atoms with Crippen molar-refractivity contribution in [2.45, 2.75) is 51.3 Å². The third kappa shape index (κ3) is 4.27. The molecular formula is C13H25N3O. The van der Waals surface area contributed by atoms with Crippen molar-refractivity contribution in [1.82, 2.24) is 10.2 Å². The minimum absolute atomic E-state index is 0.331. The molecule has 0 amide bonds. The minimum Gasteiger partial charge on any atom is -0.376 e. The Kier molecular flexibility index (Phi) is 5.38. The van der Waals surface area contributed by atoms with Gasteiger partial charge in [-0.2, -0.15) is 5.26 Å². The monoisotopic (exact) mass is 239 g/mol. The molecule has 1 aliphatic rings. The fourth-order valence-corrected chi connectivity index (χ4v) is 2.16. The summed E-state index contributed by atoms with van der Waals surface area (Å²) < 4.78 is 5.60. The molecule has 1 aliphatic heterocycles. The molecule has 4 nitrogen and oxygen atoms in total. The number of rotatable bonds is 5. The summed E-state index contributed by atoms with van der Waals surface area (Å²) in [5.41, 5.74) is -0.388. The SMILES string of the molecule is CNC(C)(C#N)CCCN1CC(C)OCC1C. The van der Waals surface area contributed by atoms with E-state index in [1.807, 2.05) is 14.0 Å². The normalized spacial score (nSPS) is 29.6. The average Bonchev–Trinajstić information content (AvgIpc) is 2.33. The van der Waals surface area contributed by atoms with Crippen molar-refractivity contribution in [3.8, 4) is 6.07 Å². The van der Waals surface area contributed by atoms with Gasteiger partial charge in [-0.05, 0) is 47.2 Å². The topological polar surface area (TPSA) is 48.3 Å². The number of nitriles is 1. The maximum atomic E-state index is 9.07. The van der Waals surface area contributed by atoms with Gasteiger partial charge < -0.3 is 10.1 Å². The van der Waals surface area contributed by atoms with Gasteiger partial charge in [-0.15, -0.1) is 0 Å². The van der Waals surface area contributed by atoms with Crippen LogP contribution in [-0.4, -0.2) is 49.3 Å². The molecule has 1 rings (SSSR count). The first kappa shape index (κ1) is 14.4. The first-order valence-corrected chi connectivity index (χ1v) is 6.46. The maximum absolute atomic E-state index is 9.07. The van der Waals surface area contributed by atoms with Crippen LogP contribution in [0.25, 0.3) is 0 Å². The number of ether oxygens (including phenoxy) is 1. The molecule has 3 unspecified atom stereocenters. The molecule has 0 aromatic carbocycles. The van der Waals surface area contributed by atoms with Crippen LogP contribution in [0.5, 0.6) is 0 Å². The zero-order chi connectivity index (χ0) is 12.9. The first-order valence-electron chi connectivity index (χ1n) is 6.46. The standard InChI is InChI=1S/C13H25N3O/c1-11-9-17-12(2)8-16(11)7-5-6-13(3,10-14)15-4/h11-12,15H,5-9H2,1-4H3. The lowest BCUT2D eigenvalue weighted by molar-refractivity contribution is -0.0498. The van der Waals surface area contributed by atoms with Gasteiger partial charge >= 0.3 is 0 Å². The molecule has 1 saturated heterocycles. The van der Waals surface area contributed by atoms with Gasteiger partial charge in [0.1, 0.15) is 5.54 Å². The van der Waals surface area contributed by atoms with Gasteiger partial charge in [0.15, 0.2) is 0 Å². The zero-order valence-corrected chi connectivity index (χ0v) is 11.5. The highest BCUT2D eigenvalue weighted by atomic mass is 16.5. The molecule has 1 fully saturated rings. The van der Waals surface area contributed by atoms with Crippen LogP contribution in [0.15, 0.2) is 0 Å². The van der Waals surface area contributed by atoms with Crippen molar-refractivity contribution < 1.29 is 4.74 Å². The number of hydrogen-bond donors (Lipinski definition) is 1. The van der Waals surface area contributed by atoms with E-state index in [2.05, 4.69) is 30.1 Å². The van der Waals surface area contributed by atoms with Crippen LogP contribution in [0, 0.1) is 11.3 Å². The van der Waals surface area contributed by atoms with E-state index in [0.29, 0.717) is 12.1 Å². The lowest BCUT2D eigenvalue weighted by Gasteiger charge is -2.37. The Morgan fingerprint density at radius 3 is 2.82 bits per heavy atom. The second kappa shape index (κ2) is 6.34. The number of nitrogens with one attached hydrogen (secondary N) is 1. The summed E-state index contributed by atoms with van der Waals surface area (Å²) in [6, 6.07) is 2.83. The summed E-state index contributed by atoms with van der Waals surface area (Å²) in [5, 5.41) is 12.2. The highest BCUT2D eigenvalue weighted by Gasteiger charge is 2.25. The lowest BCUT2D eigenvalue weighted by atomic mass is 9.97. The van der Waals surface area contributed by atoms with E-state index in [1.54, 1.807) is 0 Å². The molecule has 98 valence electrons. The average molecular weight is 239 g/mol. The minimum atomic E-state index is -0.388. The highest BCUT2D eigenvalue weighted by molar-refractivity contribution is 5.02. The zero-order valence-electron chi connectivity index (χ0n) is 11.5. The van der Waals surface area contributed by atoms with Crippen molar-refractivity contribution in [2.24, 2.45) is 0 Å². The van der Waals surface area contributed by atoms with Crippen LogP contribution in [0.2, 0.25) is 0 Å². The molecule has 1 heterocycles. The van der Waals surface area contributed by atoms with Crippen LogP contribution in [-0.2, 0) is 4.74 Å². The molecule has 0 spiro atoms. The summed E-state index contributed by atoms with van der Waals surface area (Å²) in [4.78, 5) is 2.46. The molecule has 0 saturated carbocycles. The van der Waals surface area contributed by atoms with E-state index in [-0.39, 0.29) is 5.54 Å². The van der Waals surface area contributed by atoms with Gasteiger partial charge in [0.05, 0.1) is 18.8 Å². The Hall–Kier alpha value is -0.630. The predicted molar refractivity (Wildman–Crippen MR) is 68.8 cm³/mol. The molecule has 0 aromatic rings. The van der Waals surface area contributed by atoms with Crippen LogP contribution in [0.3, 0.4) is 0 Å². The Balaban J connectivity index is 2.33. The van der Waals surface area contributed by atoms with E-state index in [1.165, 1.54) is 0 Å². The van der Waals surface area contributed by atoms with Gasteiger partial charge in [-0.1, -0.05) is 0 Å². The molecule has 0 bridgehead atoms. The fraction of sp³-hybridized carbons (Fsp3) is 0.923. The van der Waals surface area contributed by atoms with Gasteiger partial charge in [-0.3, -0.25) is 4.90 Å². The summed E-state index contributed by atoms with van der Waals surface area (Å²) in [7, 11) is 1.85. The summed E-state index contributed by atoms with van der Waals surface area (Å²) in [6.45, 7) is 9.15. The Labute approximate surface area is 105 Å². The third-order valence-corrected chi connectivity index (χ3v) is 3.66. The Bertz CT molecular complexity index is 276. The van der Waals surface area contributed by atoms with Gasteiger partial charge in [0.25, 0.3) is 0 Å². The molecule has 17 heavy (non-hydrogen) atoms. The molecule has 1 N–H and O–H groups in total. The molecule has 3 atom stereocenters. The molecular weight excluding hydrogens is 214 g/mol. The second-order valence-corrected chi connectivity index (χ2v) is 5.29. The number of hydrogen-bond acceptors (Lipinski definition) is 4. The number of morpholine rings is 1. The van der Waals surface area contributed by atoms with E-state index >= 15 is 0 Å². The van der Waals surface area contributed by atoms with Gasteiger partial charge in [-0.25, -0.2) is 0 Å². The molecule has 0 aromatic heterocycles.